The lowest BCUT2D eigenvalue weighted by Gasteiger charge is -2.48. The highest BCUT2D eigenvalue weighted by Crippen LogP contribution is 2.43. The summed E-state index contributed by atoms with van der Waals surface area (Å²) in [7, 11) is 0. The maximum atomic E-state index is 13.5. The number of alkyl halides is 3. The average molecular weight is 731 g/mol. The fourth-order valence-corrected chi connectivity index (χ4v) is 7.86. The van der Waals surface area contributed by atoms with E-state index < -0.39 is 58.4 Å². The maximum Gasteiger partial charge on any atom is 0.417 e. The number of nitriles is 1. The van der Waals surface area contributed by atoms with Crippen molar-refractivity contribution in [3.8, 4) is 6.07 Å². The van der Waals surface area contributed by atoms with Crippen LogP contribution in [0.4, 0.5) is 30.2 Å². The molecule has 16 heteroatoms. The molecule has 1 aromatic heterocycles. The van der Waals surface area contributed by atoms with E-state index >= 15 is 0 Å². The van der Waals surface area contributed by atoms with Gasteiger partial charge in [0.25, 0.3) is 17.7 Å². The molecule has 3 saturated heterocycles. The number of nitrogens with zero attached hydrogens (tertiary/aromatic N) is 6. The predicted octanol–water partition coefficient (Wildman–Crippen LogP) is 4.44. The molecule has 2 N–H and O–H groups in total. The topological polar surface area (TPSA) is 161 Å². The summed E-state index contributed by atoms with van der Waals surface area (Å²) in [4.78, 5) is 69.4. The third-order valence-electron chi connectivity index (χ3n) is 11.0. The van der Waals surface area contributed by atoms with Gasteiger partial charge in [-0.1, -0.05) is 0 Å². The summed E-state index contributed by atoms with van der Waals surface area (Å²) in [6, 6.07) is 8.76. The average Bonchev–Trinajstić information content (AvgIpc) is 3.72. The van der Waals surface area contributed by atoms with E-state index in [9.17, 15) is 37.1 Å². The van der Waals surface area contributed by atoms with Crippen molar-refractivity contribution < 1.29 is 37.1 Å². The molecule has 4 aliphatic heterocycles. The van der Waals surface area contributed by atoms with E-state index in [0.717, 1.165) is 80.3 Å². The Kier molecular flexibility index (Phi) is 8.78. The number of fused-ring (bicyclic) bond motifs is 1. The van der Waals surface area contributed by atoms with Gasteiger partial charge in [0, 0.05) is 50.2 Å². The Morgan fingerprint density at radius 1 is 0.962 bits per heavy atom. The van der Waals surface area contributed by atoms with E-state index in [1.54, 1.807) is 38.4 Å². The first-order valence-electron chi connectivity index (χ1n) is 17.4. The highest BCUT2D eigenvalue weighted by molar-refractivity contribution is 6.23. The second kappa shape index (κ2) is 13.0. The molecule has 2 aromatic carbocycles. The Balaban J connectivity index is 0.991. The molecule has 3 aromatic rings. The summed E-state index contributed by atoms with van der Waals surface area (Å²) in [5, 5.41) is 18.3. The molecule has 0 radical (unpaired) electrons. The molecular weight excluding hydrogens is 693 g/mol. The number of hydrogen-bond acceptors (Lipinski definition) is 9. The van der Waals surface area contributed by atoms with E-state index in [4.69, 9.17) is 5.26 Å². The summed E-state index contributed by atoms with van der Waals surface area (Å²) >= 11 is 0. The summed E-state index contributed by atoms with van der Waals surface area (Å²) in [5.74, 6) is -2.72. The summed E-state index contributed by atoms with van der Waals surface area (Å²) < 4.78 is 41.9. The van der Waals surface area contributed by atoms with Crippen LogP contribution < -0.4 is 20.4 Å². The molecule has 5 heterocycles. The maximum absolute atomic E-state index is 13.5. The van der Waals surface area contributed by atoms with Gasteiger partial charge in [0.1, 0.15) is 11.6 Å². The predicted molar refractivity (Wildman–Crippen MR) is 185 cm³/mol. The van der Waals surface area contributed by atoms with E-state index in [0.29, 0.717) is 0 Å². The van der Waals surface area contributed by atoms with E-state index in [2.05, 4.69) is 25.5 Å². The van der Waals surface area contributed by atoms with Gasteiger partial charge in [-0.15, -0.1) is 0 Å². The molecule has 13 nitrogen and oxygen atoms in total. The monoisotopic (exact) mass is 730 g/mol. The Morgan fingerprint density at radius 3 is 2.40 bits per heavy atom. The van der Waals surface area contributed by atoms with Crippen LogP contribution >= 0.6 is 0 Å². The summed E-state index contributed by atoms with van der Waals surface area (Å²) in [6.07, 6.45) is 2.55. The lowest BCUT2D eigenvalue weighted by molar-refractivity contribution is -0.138. The lowest BCUT2D eigenvalue weighted by atomic mass is 9.72. The van der Waals surface area contributed by atoms with Crippen molar-refractivity contribution in [1.82, 2.24) is 20.0 Å². The highest BCUT2D eigenvalue weighted by Gasteiger charge is 2.46. The number of rotatable bonds is 6. The Hall–Kier alpha value is -5.72. The molecule has 4 aliphatic rings. The molecule has 3 fully saturated rings. The van der Waals surface area contributed by atoms with Gasteiger partial charge in [0.15, 0.2) is 0 Å². The van der Waals surface area contributed by atoms with Crippen molar-refractivity contribution in [2.75, 3.05) is 41.3 Å². The largest absolute Gasteiger partial charge is 0.417 e. The first-order valence-corrected chi connectivity index (χ1v) is 17.4. The van der Waals surface area contributed by atoms with Crippen molar-refractivity contribution in [2.24, 2.45) is 5.41 Å². The van der Waals surface area contributed by atoms with Gasteiger partial charge in [-0.05, 0) is 87.8 Å². The minimum atomic E-state index is -4.76. The van der Waals surface area contributed by atoms with Gasteiger partial charge in [-0.2, -0.15) is 23.5 Å². The SMILES string of the molecule is CC(C)(C(=O)Nc1ccc(C#N)c(C(F)(F)F)c1)n1cc(N2CCC3(CCCN(c4ccc5c(c4)C(=O)N(C4CCC(=O)NC4=O)C5=O)C3)CC2)cn1. The van der Waals surface area contributed by atoms with Crippen LogP contribution in [-0.2, 0) is 26.1 Å². The number of imide groups is 2. The molecule has 0 bridgehead atoms. The Morgan fingerprint density at radius 2 is 1.70 bits per heavy atom. The van der Waals surface area contributed by atoms with Gasteiger partial charge >= 0.3 is 6.18 Å². The van der Waals surface area contributed by atoms with Crippen molar-refractivity contribution in [2.45, 2.75) is 70.1 Å². The van der Waals surface area contributed by atoms with Crippen LogP contribution in [-0.4, -0.2) is 76.4 Å². The van der Waals surface area contributed by atoms with Crippen molar-refractivity contribution in [3.63, 3.8) is 0 Å². The number of anilines is 3. The fourth-order valence-electron chi connectivity index (χ4n) is 7.86. The summed E-state index contributed by atoms with van der Waals surface area (Å²) in [5.41, 5.74) is -0.852. The molecule has 7 rings (SSSR count). The number of aromatic nitrogens is 2. The van der Waals surface area contributed by atoms with Crippen LogP contribution in [0.5, 0.6) is 0 Å². The van der Waals surface area contributed by atoms with Crippen LogP contribution in [0.3, 0.4) is 0 Å². The zero-order chi connectivity index (χ0) is 37.9. The second-order valence-corrected chi connectivity index (χ2v) is 14.7. The number of benzene rings is 2. The molecule has 1 atom stereocenters. The lowest BCUT2D eigenvalue weighted by Crippen LogP contribution is -2.54. The van der Waals surface area contributed by atoms with E-state index in [1.165, 1.54) is 16.8 Å². The molecule has 53 heavy (non-hydrogen) atoms. The number of carbonyl (C=O) groups excluding carboxylic acids is 5. The zero-order valence-electron chi connectivity index (χ0n) is 29.1. The van der Waals surface area contributed by atoms with Crippen LogP contribution in [0.25, 0.3) is 0 Å². The molecule has 0 aliphatic carbocycles. The number of carbonyl (C=O) groups is 5. The number of halogens is 3. The smallest absolute Gasteiger partial charge is 0.371 e. The standard InChI is InChI=1S/C37H37F3N8O5/c1-35(2,34(53)43-23-5-4-22(18-41)28(16-23)37(38,39)40)47-20-25(19-42-47)45-14-11-36(12-15-45)10-3-13-46(21-36)24-6-7-26-27(17-24)33(52)48(32(26)51)29-8-9-30(49)44-31(29)50/h4-7,16-17,19-20,29H,3,8-15,21H2,1-2H3,(H,43,53)(H,44,49,50). The molecule has 1 spiro atoms. The van der Waals surface area contributed by atoms with Crippen molar-refractivity contribution >= 4 is 46.6 Å². The number of nitrogens with one attached hydrogen (secondary N) is 2. The quantitative estimate of drug-likeness (QED) is 0.350. The van der Waals surface area contributed by atoms with E-state index in [1.807, 2.05) is 6.07 Å². The van der Waals surface area contributed by atoms with Crippen LogP contribution in [0.15, 0.2) is 48.8 Å². The third-order valence-corrected chi connectivity index (χ3v) is 11.0. The summed E-state index contributed by atoms with van der Waals surface area (Å²) in [6.45, 7) is 6.24. The van der Waals surface area contributed by atoms with E-state index in [-0.39, 0.29) is 35.1 Å². The van der Waals surface area contributed by atoms with Crippen LogP contribution in [0.2, 0.25) is 0 Å². The van der Waals surface area contributed by atoms with Crippen molar-refractivity contribution in [3.05, 3.63) is 71.0 Å². The number of piperidine rings is 3. The molecular formula is C37H37F3N8O5. The first kappa shape index (κ1) is 35.7. The number of amides is 5. The van der Waals surface area contributed by atoms with Crippen LogP contribution in [0, 0.1) is 16.7 Å². The first-order chi connectivity index (χ1) is 25.1. The van der Waals surface area contributed by atoms with Gasteiger partial charge in [-0.3, -0.25) is 38.9 Å². The van der Waals surface area contributed by atoms with Gasteiger partial charge in [0.2, 0.25) is 11.8 Å². The van der Waals surface area contributed by atoms with Gasteiger partial charge < -0.3 is 15.1 Å². The van der Waals surface area contributed by atoms with Crippen molar-refractivity contribution in [1.29, 1.82) is 5.26 Å². The minimum absolute atomic E-state index is 0.0118. The van der Waals surface area contributed by atoms with Crippen LogP contribution in [0.1, 0.15) is 84.2 Å². The fraction of sp³-hybridized carbons (Fsp3) is 0.432. The Bertz CT molecular complexity index is 2080. The minimum Gasteiger partial charge on any atom is -0.371 e. The molecule has 1 unspecified atom stereocenters. The zero-order valence-corrected chi connectivity index (χ0v) is 29.1. The number of hydrogen-bond donors (Lipinski definition) is 2. The van der Waals surface area contributed by atoms with Gasteiger partial charge in [-0.25, -0.2) is 0 Å². The second-order valence-electron chi connectivity index (χ2n) is 14.7. The third kappa shape index (κ3) is 6.49. The normalized spacial score (nSPS) is 20.4. The molecule has 5 amide bonds. The van der Waals surface area contributed by atoms with Gasteiger partial charge in [0.05, 0.1) is 40.2 Å². The highest BCUT2D eigenvalue weighted by atomic mass is 19.4. The molecule has 276 valence electrons. The molecule has 0 saturated carbocycles. The Labute approximate surface area is 302 Å².